The Hall–Kier alpha value is -9.12. The van der Waals surface area contributed by atoms with Crippen molar-refractivity contribution in [2.75, 3.05) is 9.80 Å². The van der Waals surface area contributed by atoms with Crippen LogP contribution in [0.25, 0.3) is 77.9 Å². The third-order valence-corrected chi connectivity index (χ3v) is 13.9. The molecule has 0 unspecified atom stereocenters. The number of anilines is 6. The molecular weight excluding hydrogens is 851 g/mol. The standard InChI is InChI=1S/C66H47N3O/c1-4-14-46(15-5-1)48-24-32-53(33-25-48)67(57-40-42-64-61(44-57)59-20-10-12-22-63(59)69(64)52-18-8-3-9-19-52)54-36-28-50(29-37-54)51-30-38-56(39-31-51)68(55-34-26-49(27-35-55)47-16-6-2-7-17-47)58-41-43-66-62(45-58)60-21-11-13-23-65(60)70-66/h1-10,12-20,22-45H,11,21H2. The summed E-state index contributed by atoms with van der Waals surface area (Å²) in [6.45, 7) is 0. The van der Waals surface area contributed by atoms with Gasteiger partial charge in [0.25, 0.3) is 0 Å². The Morgan fingerprint density at radius 1 is 0.343 bits per heavy atom. The van der Waals surface area contributed by atoms with Crippen LogP contribution in [0.3, 0.4) is 0 Å². The Balaban J connectivity index is 0.869. The second-order valence-electron chi connectivity index (χ2n) is 18.0. The highest BCUT2D eigenvalue weighted by Crippen LogP contribution is 2.43. The number of aromatic nitrogens is 1. The first-order valence-electron chi connectivity index (χ1n) is 24.1. The molecule has 2 heterocycles. The van der Waals surface area contributed by atoms with Gasteiger partial charge in [0.1, 0.15) is 11.3 Å². The first-order chi connectivity index (χ1) is 34.7. The Bertz CT molecular complexity index is 3830. The summed E-state index contributed by atoms with van der Waals surface area (Å²) in [6, 6.07) is 89.8. The first kappa shape index (κ1) is 41.1. The zero-order chi connectivity index (χ0) is 46.4. The van der Waals surface area contributed by atoms with Gasteiger partial charge in [0.05, 0.1) is 11.0 Å². The van der Waals surface area contributed by atoms with E-state index in [2.05, 4.69) is 275 Å². The largest absolute Gasteiger partial charge is 0.456 e. The number of furan rings is 1. The first-order valence-corrected chi connectivity index (χ1v) is 24.1. The zero-order valence-corrected chi connectivity index (χ0v) is 38.5. The van der Waals surface area contributed by atoms with Crippen molar-refractivity contribution in [3.05, 3.63) is 266 Å². The van der Waals surface area contributed by atoms with Gasteiger partial charge < -0.3 is 18.8 Å². The summed E-state index contributed by atoms with van der Waals surface area (Å²) in [6.07, 6.45) is 6.33. The minimum atomic E-state index is 0.928. The lowest BCUT2D eigenvalue weighted by atomic mass is 10.00. The van der Waals surface area contributed by atoms with Crippen LogP contribution in [0.5, 0.6) is 0 Å². The molecule has 70 heavy (non-hydrogen) atoms. The van der Waals surface area contributed by atoms with Crippen molar-refractivity contribution in [2.45, 2.75) is 12.8 Å². The Morgan fingerprint density at radius 3 is 1.29 bits per heavy atom. The maximum absolute atomic E-state index is 6.30. The van der Waals surface area contributed by atoms with Gasteiger partial charge in [0.2, 0.25) is 0 Å². The number of allylic oxidation sites excluding steroid dienone is 1. The summed E-state index contributed by atoms with van der Waals surface area (Å²) in [5.41, 5.74) is 19.3. The van der Waals surface area contributed by atoms with Gasteiger partial charge in [-0.25, -0.2) is 0 Å². The second kappa shape index (κ2) is 17.5. The number of aryl methyl sites for hydroxylation is 1. The van der Waals surface area contributed by atoms with Crippen LogP contribution >= 0.6 is 0 Å². The Morgan fingerprint density at radius 2 is 0.757 bits per heavy atom. The van der Waals surface area contributed by atoms with Crippen LogP contribution in [0.4, 0.5) is 34.1 Å². The molecule has 1 aliphatic carbocycles. The third kappa shape index (κ3) is 7.44. The van der Waals surface area contributed by atoms with Gasteiger partial charge in [-0.15, -0.1) is 0 Å². The topological polar surface area (TPSA) is 24.6 Å². The zero-order valence-electron chi connectivity index (χ0n) is 38.5. The lowest BCUT2D eigenvalue weighted by Gasteiger charge is -2.27. The fourth-order valence-corrected chi connectivity index (χ4v) is 10.4. The van der Waals surface area contributed by atoms with E-state index in [9.17, 15) is 0 Å². The van der Waals surface area contributed by atoms with Crippen molar-refractivity contribution in [3.63, 3.8) is 0 Å². The molecule has 0 N–H and O–H groups in total. The van der Waals surface area contributed by atoms with E-state index in [0.717, 1.165) is 75.1 Å². The van der Waals surface area contributed by atoms with Crippen LogP contribution in [0, 0.1) is 0 Å². The molecule has 4 heteroatoms. The van der Waals surface area contributed by atoms with Crippen molar-refractivity contribution in [1.29, 1.82) is 0 Å². The van der Waals surface area contributed by atoms with E-state index >= 15 is 0 Å². The van der Waals surface area contributed by atoms with Crippen LogP contribution in [-0.2, 0) is 6.42 Å². The molecule has 0 atom stereocenters. The molecule has 13 rings (SSSR count). The van der Waals surface area contributed by atoms with E-state index in [-0.39, 0.29) is 0 Å². The molecular formula is C66H47N3O. The van der Waals surface area contributed by atoms with E-state index < -0.39 is 0 Å². The van der Waals surface area contributed by atoms with E-state index in [0.29, 0.717) is 0 Å². The van der Waals surface area contributed by atoms with Gasteiger partial charge in [-0.05, 0) is 155 Å². The molecule has 0 saturated heterocycles. The van der Waals surface area contributed by atoms with Gasteiger partial charge in [-0.1, -0.05) is 152 Å². The molecule has 2 aromatic heterocycles. The molecule has 12 aromatic rings. The van der Waals surface area contributed by atoms with Crippen LogP contribution in [0.15, 0.2) is 259 Å². The fraction of sp³-hybridized carbons (Fsp3) is 0.0303. The summed E-state index contributed by atoms with van der Waals surface area (Å²) in [5.74, 6) is 0.977. The second-order valence-corrected chi connectivity index (χ2v) is 18.0. The number of hydrogen-bond acceptors (Lipinski definition) is 3. The number of rotatable bonds is 10. The minimum Gasteiger partial charge on any atom is -0.456 e. The molecule has 332 valence electrons. The van der Waals surface area contributed by atoms with Gasteiger partial charge in [0.15, 0.2) is 0 Å². The van der Waals surface area contributed by atoms with Crippen LogP contribution in [0.2, 0.25) is 0 Å². The predicted molar refractivity (Wildman–Crippen MR) is 294 cm³/mol. The normalized spacial score (nSPS) is 12.1. The van der Waals surface area contributed by atoms with Gasteiger partial charge in [-0.2, -0.15) is 0 Å². The molecule has 1 aliphatic rings. The molecule has 0 bridgehead atoms. The smallest absolute Gasteiger partial charge is 0.135 e. The predicted octanol–water partition coefficient (Wildman–Crippen LogP) is 18.4. The number of fused-ring (bicyclic) bond motifs is 6. The maximum atomic E-state index is 6.30. The van der Waals surface area contributed by atoms with Crippen LogP contribution in [-0.4, -0.2) is 4.57 Å². The van der Waals surface area contributed by atoms with Gasteiger partial charge >= 0.3 is 0 Å². The quantitative estimate of drug-likeness (QED) is 0.137. The van der Waals surface area contributed by atoms with E-state index in [1.54, 1.807) is 0 Å². The number of hydrogen-bond donors (Lipinski definition) is 0. The van der Waals surface area contributed by atoms with Crippen molar-refractivity contribution in [3.8, 4) is 39.1 Å². The molecule has 0 fully saturated rings. The highest BCUT2D eigenvalue weighted by molar-refractivity contribution is 6.10. The van der Waals surface area contributed by atoms with Crippen LogP contribution < -0.4 is 9.80 Å². The third-order valence-electron chi connectivity index (χ3n) is 13.9. The monoisotopic (exact) mass is 897 g/mol. The summed E-state index contributed by atoms with van der Waals surface area (Å²) in [5, 5.41) is 3.61. The summed E-state index contributed by atoms with van der Waals surface area (Å²) in [7, 11) is 0. The molecule has 0 saturated carbocycles. The molecule has 0 amide bonds. The molecule has 0 aliphatic heterocycles. The average Bonchev–Trinajstić information content (AvgIpc) is 3.98. The Labute approximate surface area is 407 Å². The van der Waals surface area contributed by atoms with Crippen LogP contribution in [0.1, 0.15) is 17.7 Å². The van der Waals surface area contributed by atoms with E-state index in [1.807, 2.05) is 0 Å². The molecule has 10 aromatic carbocycles. The minimum absolute atomic E-state index is 0.928. The van der Waals surface area contributed by atoms with Crippen molar-refractivity contribution in [2.24, 2.45) is 0 Å². The lowest BCUT2D eigenvalue weighted by Crippen LogP contribution is -2.10. The van der Waals surface area contributed by atoms with E-state index in [1.165, 1.54) is 55.0 Å². The highest BCUT2D eigenvalue weighted by atomic mass is 16.3. The Kier molecular flexibility index (Phi) is 10.3. The number of benzene rings is 10. The molecule has 4 nitrogen and oxygen atoms in total. The van der Waals surface area contributed by atoms with Gasteiger partial charge in [0, 0.05) is 61.5 Å². The highest BCUT2D eigenvalue weighted by Gasteiger charge is 2.21. The average molecular weight is 898 g/mol. The fourth-order valence-electron chi connectivity index (χ4n) is 10.4. The summed E-state index contributed by atoms with van der Waals surface area (Å²) < 4.78 is 8.67. The molecule has 0 radical (unpaired) electrons. The molecule has 0 spiro atoms. The summed E-state index contributed by atoms with van der Waals surface area (Å²) in [4.78, 5) is 4.73. The maximum Gasteiger partial charge on any atom is 0.135 e. The summed E-state index contributed by atoms with van der Waals surface area (Å²) >= 11 is 0. The van der Waals surface area contributed by atoms with E-state index in [4.69, 9.17) is 4.42 Å². The number of para-hydroxylation sites is 2. The van der Waals surface area contributed by atoms with Gasteiger partial charge in [-0.3, -0.25) is 0 Å². The lowest BCUT2D eigenvalue weighted by molar-refractivity contribution is 0.595. The van der Waals surface area contributed by atoms with Crippen molar-refractivity contribution in [1.82, 2.24) is 4.57 Å². The number of nitrogens with zero attached hydrogens (tertiary/aromatic N) is 3. The SMILES string of the molecule is C1=Cc2oc3ccc(N(c4ccc(-c5ccccc5)cc4)c4ccc(-c5ccc(N(c6ccc(-c7ccccc7)cc6)c6ccc7c(c6)c6ccccc6n7-c6ccccc6)cc5)cc4)cc3c2CC1. The van der Waals surface area contributed by atoms with Crippen molar-refractivity contribution >= 4 is 73.0 Å². The van der Waals surface area contributed by atoms with Crippen molar-refractivity contribution < 1.29 is 4.42 Å².